The van der Waals surface area contributed by atoms with E-state index in [2.05, 4.69) is 21.2 Å². The number of rotatable bonds is 4. The van der Waals surface area contributed by atoms with Gasteiger partial charge in [-0.1, -0.05) is 6.07 Å². The van der Waals surface area contributed by atoms with Crippen LogP contribution in [0.5, 0.6) is 17.2 Å². The molecular formula is C19H15BrN2O6. The number of aromatic hydroxyl groups is 1. The summed E-state index contributed by atoms with van der Waals surface area (Å²) in [4.78, 5) is 38.3. The van der Waals surface area contributed by atoms with Gasteiger partial charge in [-0.2, -0.15) is 0 Å². The van der Waals surface area contributed by atoms with Crippen molar-refractivity contribution < 1.29 is 29.0 Å². The van der Waals surface area contributed by atoms with Crippen LogP contribution in [0, 0.1) is 0 Å². The molecule has 0 radical (unpaired) electrons. The molecule has 0 unspecified atom stereocenters. The van der Waals surface area contributed by atoms with Crippen molar-refractivity contribution >= 4 is 45.5 Å². The normalized spacial score (nSPS) is 15.6. The van der Waals surface area contributed by atoms with Gasteiger partial charge in [0, 0.05) is 6.07 Å². The molecule has 28 heavy (non-hydrogen) atoms. The van der Waals surface area contributed by atoms with Crippen LogP contribution in [0.2, 0.25) is 0 Å². The average Bonchev–Trinajstić information content (AvgIpc) is 2.67. The molecule has 144 valence electrons. The Bertz CT molecular complexity index is 1020. The standard InChI is InChI=1S/C19H15BrN2O6/c1-27-12-5-3-4-11(9-12)22-18(25)13(17(24)21-19(22)26)6-10-7-14(20)16(23)15(8-10)28-2/h3-9,23H,1-2H3,(H,21,24,26). The number of halogens is 1. The predicted molar refractivity (Wildman–Crippen MR) is 104 cm³/mol. The van der Waals surface area contributed by atoms with Gasteiger partial charge in [-0.15, -0.1) is 0 Å². The van der Waals surface area contributed by atoms with Gasteiger partial charge in [0.25, 0.3) is 11.8 Å². The summed E-state index contributed by atoms with van der Waals surface area (Å²) in [6.45, 7) is 0. The second kappa shape index (κ2) is 7.73. The average molecular weight is 447 g/mol. The number of nitrogens with one attached hydrogen (secondary N) is 1. The van der Waals surface area contributed by atoms with Crippen LogP contribution in [0.1, 0.15) is 5.56 Å². The van der Waals surface area contributed by atoms with Gasteiger partial charge >= 0.3 is 6.03 Å². The lowest BCUT2D eigenvalue weighted by Crippen LogP contribution is -2.54. The number of benzene rings is 2. The Morgan fingerprint density at radius 2 is 1.86 bits per heavy atom. The Morgan fingerprint density at radius 1 is 1.11 bits per heavy atom. The number of imide groups is 2. The molecule has 2 N–H and O–H groups in total. The first kappa shape index (κ1) is 19.4. The summed E-state index contributed by atoms with van der Waals surface area (Å²) in [5.74, 6) is -1.11. The van der Waals surface area contributed by atoms with E-state index in [4.69, 9.17) is 9.47 Å². The minimum atomic E-state index is -0.857. The monoisotopic (exact) mass is 446 g/mol. The Kier molecular flexibility index (Phi) is 5.36. The van der Waals surface area contributed by atoms with Gasteiger partial charge in [0.05, 0.1) is 24.4 Å². The molecule has 1 saturated heterocycles. The van der Waals surface area contributed by atoms with E-state index in [1.807, 2.05) is 0 Å². The summed E-state index contributed by atoms with van der Waals surface area (Å²) in [6.07, 6.45) is 1.31. The number of carbonyl (C=O) groups excluding carboxylic acids is 3. The highest BCUT2D eigenvalue weighted by Gasteiger charge is 2.37. The van der Waals surface area contributed by atoms with Crippen molar-refractivity contribution in [3.63, 3.8) is 0 Å². The van der Waals surface area contributed by atoms with E-state index in [0.29, 0.717) is 15.8 Å². The van der Waals surface area contributed by atoms with Crippen LogP contribution in [-0.2, 0) is 9.59 Å². The van der Waals surface area contributed by atoms with E-state index < -0.39 is 17.8 Å². The van der Waals surface area contributed by atoms with Crippen molar-refractivity contribution in [3.8, 4) is 17.2 Å². The number of anilines is 1. The molecule has 1 heterocycles. The van der Waals surface area contributed by atoms with Gasteiger partial charge in [0.2, 0.25) is 0 Å². The summed E-state index contributed by atoms with van der Waals surface area (Å²) in [7, 11) is 2.84. The third-order valence-electron chi connectivity index (χ3n) is 3.99. The van der Waals surface area contributed by atoms with E-state index in [1.165, 1.54) is 38.5 Å². The molecule has 0 spiro atoms. The number of hydrogen-bond donors (Lipinski definition) is 2. The zero-order chi connectivity index (χ0) is 20.4. The number of urea groups is 1. The molecule has 1 fully saturated rings. The van der Waals surface area contributed by atoms with Crippen molar-refractivity contribution in [2.45, 2.75) is 0 Å². The van der Waals surface area contributed by atoms with E-state index >= 15 is 0 Å². The van der Waals surface area contributed by atoms with Gasteiger partial charge in [-0.05, 0) is 51.8 Å². The third-order valence-corrected chi connectivity index (χ3v) is 4.60. The molecule has 8 nitrogen and oxygen atoms in total. The maximum atomic E-state index is 12.9. The van der Waals surface area contributed by atoms with Crippen molar-refractivity contribution in [2.75, 3.05) is 19.1 Å². The molecule has 0 bridgehead atoms. The van der Waals surface area contributed by atoms with Crippen molar-refractivity contribution in [1.29, 1.82) is 0 Å². The summed E-state index contributed by atoms with van der Waals surface area (Å²) in [5, 5.41) is 12.0. The smallest absolute Gasteiger partial charge is 0.335 e. The summed E-state index contributed by atoms with van der Waals surface area (Å²) < 4.78 is 10.5. The number of methoxy groups -OCH3 is 2. The molecule has 2 aromatic rings. The Morgan fingerprint density at radius 3 is 2.54 bits per heavy atom. The quantitative estimate of drug-likeness (QED) is 0.552. The van der Waals surface area contributed by atoms with Gasteiger partial charge < -0.3 is 14.6 Å². The molecule has 1 aliphatic rings. The lowest BCUT2D eigenvalue weighted by atomic mass is 10.1. The van der Waals surface area contributed by atoms with Crippen LogP contribution in [0.15, 0.2) is 46.4 Å². The summed E-state index contributed by atoms with van der Waals surface area (Å²) in [5.41, 5.74) is 0.423. The fraction of sp³-hybridized carbons (Fsp3) is 0.105. The lowest BCUT2D eigenvalue weighted by Gasteiger charge is -2.26. The van der Waals surface area contributed by atoms with E-state index in [-0.39, 0.29) is 22.8 Å². The molecule has 4 amide bonds. The number of hydrogen-bond acceptors (Lipinski definition) is 6. The number of ether oxygens (including phenoxy) is 2. The largest absolute Gasteiger partial charge is 0.503 e. The highest BCUT2D eigenvalue weighted by atomic mass is 79.9. The first-order valence-corrected chi connectivity index (χ1v) is 8.77. The van der Waals surface area contributed by atoms with Crippen LogP contribution < -0.4 is 19.7 Å². The topological polar surface area (TPSA) is 105 Å². The number of phenols is 1. The molecule has 3 rings (SSSR count). The Balaban J connectivity index is 2.05. The van der Waals surface area contributed by atoms with Crippen LogP contribution in [0.3, 0.4) is 0 Å². The SMILES string of the molecule is COc1cccc(N2C(=O)NC(=O)C(=Cc3cc(Br)c(O)c(OC)c3)C2=O)c1. The molecule has 0 aromatic heterocycles. The number of carbonyl (C=O) groups is 3. The summed E-state index contributed by atoms with van der Waals surface area (Å²) >= 11 is 3.18. The molecule has 9 heteroatoms. The second-order valence-corrected chi connectivity index (χ2v) is 6.57. The molecule has 0 atom stereocenters. The minimum absolute atomic E-state index is 0.114. The third kappa shape index (κ3) is 3.56. The van der Waals surface area contributed by atoms with Crippen LogP contribution in [-0.4, -0.2) is 37.2 Å². The van der Waals surface area contributed by atoms with Crippen LogP contribution in [0.4, 0.5) is 10.5 Å². The van der Waals surface area contributed by atoms with Gasteiger partial charge in [-0.3, -0.25) is 14.9 Å². The number of nitrogens with zero attached hydrogens (tertiary/aromatic N) is 1. The van der Waals surface area contributed by atoms with Crippen molar-refractivity contribution in [3.05, 3.63) is 52.0 Å². The molecule has 2 aromatic carbocycles. The fourth-order valence-corrected chi connectivity index (χ4v) is 3.10. The first-order valence-electron chi connectivity index (χ1n) is 7.97. The molecule has 0 saturated carbocycles. The van der Waals surface area contributed by atoms with E-state index in [0.717, 1.165) is 4.90 Å². The number of phenolic OH excluding ortho intramolecular Hbond substituents is 1. The molecule has 0 aliphatic carbocycles. The molecule has 1 aliphatic heterocycles. The van der Waals surface area contributed by atoms with Crippen LogP contribution >= 0.6 is 15.9 Å². The van der Waals surface area contributed by atoms with Crippen LogP contribution in [0.25, 0.3) is 6.08 Å². The highest BCUT2D eigenvalue weighted by Crippen LogP contribution is 2.36. The fourth-order valence-electron chi connectivity index (χ4n) is 2.64. The maximum Gasteiger partial charge on any atom is 0.335 e. The first-order chi connectivity index (χ1) is 13.3. The maximum absolute atomic E-state index is 12.9. The Labute approximate surface area is 168 Å². The number of barbiturate groups is 1. The lowest BCUT2D eigenvalue weighted by molar-refractivity contribution is -0.122. The molecular weight excluding hydrogens is 432 g/mol. The van der Waals surface area contributed by atoms with E-state index in [9.17, 15) is 19.5 Å². The number of amides is 4. The zero-order valence-electron chi connectivity index (χ0n) is 14.9. The Hall–Kier alpha value is -3.33. The van der Waals surface area contributed by atoms with Crippen molar-refractivity contribution in [1.82, 2.24) is 5.32 Å². The highest BCUT2D eigenvalue weighted by molar-refractivity contribution is 9.10. The van der Waals surface area contributed by atoms with E-state index in [1.54, 1.807) is 18.2 Å². The van der Waals surface area contributed by atoms with Gasteiger partial charge in [-0.25, -0.2) is 9.69 Å². The minimum Gasteiger partial charge on any atom is -0.503 e. The summed E-state index contributed by atoms with van der Waals surface area (Å²) in [6, 6.07) is 8.45. The second-order valence-electron chi connectivity index (χ2n) is 5.71. The predicted octanol–water partition coefficient (Wildman–Crippen LogP) is 2.84. The van der Waals surface area contributed by atoms with Gasteiger partial charge in [0.15, 0.2) is 11.5 Å². The van der Waals surface area contributed by atoms with Crippen molar-refractivity contribution in [2.24, 2.45) is 0 Å². The zero-order valence-corrected chi connectivity index (χ0v) is 16.4. The van der Waals surface area contributed by atoms with Gasteiger partial charge in [0.1, 0.15) is 11.3 Å².